The number of carbonyl (C=O) groups excluding carboxylic acids is 1. The van der Waals surface area contributed by atoms with Gasteiger partial charge in [0.2, 0.25) is 5.91 Å². The number of para-hydroxylation sites is 1. The Bertz CT molecular complexity index is 1370. The molecule has 2 aromatic heterocycles. The van der Waals surface area contributed by atoms with Gasteiger partial charge in [0.15, 0.2) is 0 Å². The molecule has 1 aliphatic carbocycles. The summed E-state index contributed by atoms with van der Waals surface area (Å²) in [5, 5.41) is 13.0. The number of hydrogen-bond donors (Lipinski definition) is 2. The third kappa shape index (κ3) is 5.21. The quantitative estimate of drug-likeness (QED) is 0.457. The zero-order chi connectivity index (χ0) is 26.1. The predicted molar refractivity (Wildman–Crippen MR) is 140 cm³/mol. The molecule has 2 N–H and O–H groups in total. The van der Waals surface area contributed by atoms with Crippen molar-refractivity contribution >= 4 is 28.5 Å². The predicted octanol–water partition coefficient (Wildman–Crippen LogP) is 3.70. The first kappa shape index (κ1) is 24.9. The van der Waals surface area contributed by atoms with E-state index in [1.165, 1.54) is 23.7 Å². The minimum atomic E-state index is -1.03. The lowest BCUT2D eigenvalue weighted by atomic mass is 10.00. The first-order valence-corrected chi connectivity index (χ1v) is 13.0. The summed E-state index contributed by atoms with van der Waals surface area (Å²) in [6, 6.07) is 7.86. The largest absolute Gasteiger partial charge is 0.481 e. The Morgan fingerprint density at radius 2 is 2.00 bits per heavy atom. The molecule has 1 saturated heterocycles. The topological polar surface area (TPSA) is 117 Å². The van der Waals surface area contributed by atoms with Gasteiger partial charge in [0.05, 0.1) is 41.6 Å². The van der Waals surface area contributed by atoms with E-state index in [1.807, 2.05) is 32.2 Å². The van der Waals surface area contributed by atoms with Crippen LogP contribution in [0.3, 0.4) is 0 Å². The third-order valence-corrected chi connectivity index (χ3v) is 7.61. The molecule has 1 aromatic carbocycles. The van der Waals surface area contributed by atoms with Crippen LogP contribution in [0.25, 0.3) is 10.9 Å². The summed E-state index contributed by atoms with van der Waals surface area (Å²) in [4.78, 5) is 49.8. The van der Waals surface area contributed by atoms with Gasteiger partial charge in [-0.25, -0.2) is 4.98 Å². The van der Waals surface area contributed by atoms with Gasteiger partial charge in [-0.2, -0.15) is 0 Å². The molecular weight excluding hydrogens is 470 g/mol. The second kappa shape index (κ2) is 10.3. The van der Waals surface area contributed by atoms with Crippen molar-refractivity contribution in [2.75, 3.05) is 11.4 Å². The summed E-state index contributed by atoms with van der Waals surface area (Å²) in [5.74, 6) is -0.623. The molecule has 194 valence electrons. The van der Waals surface area contributed by atoms with E-state index in [0.717, 1.165) is 18.7 Å². The van der Waals surface area contributed by atoms with Gasteiger partial charge in [-0.05, 0) is 61.3 Å². The highest BCUT2D eigenvalue weighted by Gasteiger charge is 2.38. The van der Waals surface area contributed by atoms with Crippen LogP contribution in [0.2, 0.25) is 0 Å². The number of benzene rings is 1. The average Bonchev–Trinajstić information content (AvgIpc) is 3.51. The number of anilines is 1. The van der Waals surface area contributed by atoms with Crippen molar-refractivity contribution in [3.63, 3.8) is 0 Å². The molecule has 3 aromatic rings. The number of carboxylic acid groups (broad SMARTS) is 1. The minimum Gasteiger partial charge on any atom is -0.481 e. The standard InChI is InChI=1S/C28H33N5O4/c1-17(2)9-25(33-16-30-23-6-4-3-5-22(23)28(33)37)27(36)31-24(12-26(34)35)19-11-21(14-29-13-19)32-15-18-7-8-20(32)10-18/h3-6,11,13-14,16-18,20,24-25H,7-10,12,15H2,1-2H3,(H,31,36)(H,34,35)/t18?,20?,24-,25-/m0/s1. The molecule has 2 unspecified atom stereocenters. The SMILES string of the molecule is CC(C)C[C@@H](C(=O)N[C@@H](CC(=O)O)c1cncc(N2CC3CCC2C3)c1)n1cnc2ccccc2c1=O. The van der Waals surface area contributed by atoms with Crippen LogP contribution >= 0.6 is 0 Å². The van der Waals surface area contributed by atoms with Crippen LogP contribution in [0.4, 0.5) is 5.69 Å². The number of pyridine rings is 1. The third-order valence-electron chi connectivity index (χ3n) is 7.61. The fourth-order valence-corrected chi connectivity index (χ4v) is 5.83. The van der Waals surface area contributed by atoms with Crippen LogP contribution < -0.4 is 15.8 Å². The van der Waals surface area contributed by atoms with Gasteiger partial charge in [0.1, 0.15) is 6.04 Å². The number of rotatable bonds is 9. The number of nitrogens with one attached hydrogen (secondary N) is 1. The highest BCUT2D eigenvalue weighted by atomic mass is 16.4. The second-order valence-corrected chi connectivity index (χ2v) is 10.7. The number of nitrogens with zero attached hydrogens (tertiary/aromatic N) is 4. The van der Waals surface area contributed by atoms with Crippen molar-refractivity contribution < 1.29 is 14.7 Å². The number of piperidine rings is 1. The molecule has 0 radical (unpaired) electrons. The van der Waals surface area contributed by atoms with Crippen LogP contribution in [0.15, 0.2) is 53.8 Å². The molecule has 2 aliphatic rings. The summed E-state index contributed by atoms with van der Waals surface area (Å²) in [6.45, 7) is 4.94. The first-order valence-electron chi connectivity index (χ1n) is 13.0. The van der Waals surface area contributed by atoms with Crippen molar-refractivity contribution in [1.82, 2.24) is 19.9 Å². The maximum Gasteiger partial charge on any atom is 0.305 e. The number of aliphatic carboxylic acids is 1. The Kier molecular flexibility index (Phi) is 6.95. The van der Waals surface area contributed by atoms with E-state index in [9.17, 15) is 19.5 Å². The lowest BCUT2D eigenvalue weighted by Crippen LogP contribution is -2.40. The molecule has 0 spiro atoms. The van der Waals surface area contributed by atoms with Gasteiger partial charge in [-0.1, -0.05) is 26.0 Å². The lowest BCUT2D eigenvalue weighted by molar-refractivity contribution is -0.138. The van der Waals surface area contributed by atoms with E-state index in [-0.39, 0.29) is 17.9 Å². The summed E-state index contributed by atoms with van der Waals surface area (Å²) in [7, 11) is 0. The monoisotopic (exact) mass is 503 g/mol. The average molecular weight is 504 g/mol. The first-order chi connectivity index (χ1) is 17.8. The zero-order valence-electron chi connectivity index (χ0n) is 21.2. The van der Waals surface area contributed by atoms with Crippen LogP contribution in [-0.4, -0.2) is 44.1 Å². The van der Waals surface area contributed by atoms with Crippen molar-refractivity contribution in [3.05, 3.63) is 65.0 Å². The van der Waals surface area contributed by atoms with Gasteiger partial charge >= 0.3 is 5.97 Å². The molecule has 9 nitrogen and oxygen atoms in total. The van der Waals surface area contributed by atoms with Crippen molar-refractivity contribution in [2.24, 2.45) is 11.8 Å². The molecule has 37 heavy (non-hydrogen) atoms. The van der Waals surface area contributed by atoms with Crippen molar-refractivity contribution in [2.45, 2.75) is 64.1 Å². The van der Waals surface area contributed by atoms with Crippen molar-refractivity contribution in [3.8, 4) is 0 Å². The van der Waals surface area contributed by atoms with Crippen LogP contribution in [0, 0.1) is 11.8 Å². The molecule has 1 aliphatic heterocycles. The van der Waals surface area contributed by atoms with Gasteiger partial charge in [0.25, 0.3) is 5.56 Å². The highest BCUT2D eigenvalue weighted by molar-refractivity contribution is 5.83. The minimum absolute atomic E-state index is 0.114. The van der Waals surface area contributed by atoms with Gasteiger partial charge < -0.3 is 15.3 Å². The van der Waals surface area contributed by atoms with Gasteiger partial charge in [0, 0.05) is 18.8 Å². The Morgan fingerprint density at radius 3 is 2.70 bits per heavy atom. The molecule has 4 atom stereocenters. The molecular formula is C28H33N5O4. The Morgan fingerprint density at radius 1 is 1.19 bits per heavy atom. The molecule has 2 fully saturated rings. The molecule has 1 amide bonds. The summed E-state index contributed by atoms with van der Waals surface area (Å²) in [6.07, 6.45) is 8.56. The van der Waals surface area contributed by atoms with E-state index in [4.69, 9.17) is 0 Å². The number of hydrogen-bond acceptors (Lipinski definition) is 6. The lowest BCUT2D eigenvalue weighted by Gasteiger charge is -2.30. The van der Waals surface area contributed by atoms with Crippen LogP contribution in [-0.2, 0) is 9.59 Å². The Hall–Kier alpha value is -3.75. The van der Waals surface area contributed by atoms with Crippen LogP contribution in [0.5, 0.6) is 0 Å². The van der Waals surface area contributed by atoms with E-state index >= 15 is 0 Å². The molecule has 9 heteroatoms. The fourth-order valence-electron chi connectivity index (χ4n) is 5.83. The van der Waals surface area contributed by atoms with Crippen LogP contribution in [0.1, 0.15) is 63.6 Å². The summed E-state index contributed by atoms with van der Waals surface area (Å²) < 4.78 is 1.37. The maximum absolute atomic E-state index is 13.7. The van der Waals surface area contributed by atoms with E-state index in [1.54, 1.807) is 24.4 Å². The van der Waals surface area contributed by atoms with E-state index < -0.39 is 24.0 Å². The van der Waals surface area contributed by atoms with E-state index in [0.29, 0.717) is 34.8 Å². The van der Waals surface area contributed by atoms with Gasteiger partial charge in [-0.3, -0.25) is 23.9 Å². The normalized spacial score (nSPS) is 20.4. The molecule has 2 bridgehead atoms. The summed E-state index contributed by atoms with van der Waals surface area (Å²) in [5.41, 5.74) is 1.87. The highest BCUT2D eigenvalue weighted by Crippen LogP contribution is 2.40. The van der Waals surface area contributed by atoms with Gasteiger partial charge in [-0.15, -0.1) is 0 Å². The number of carbonyl (C=O) groups is 2. The number of amides is 1. The summed E-state index contributed by atoms with van der Waals surface area (Å²) >= 11 is 0. The Balaban J connectivity index is 1.44. The second-order valence-electron chi connectivity index (χ2n) is 10.7. The molecule has 1 saturated carbocycles. The Labute approximate surface area is 215 Å². The maximum atomic E-state index is 13.7. The van der Waals surface area contributed by atoms with Crippen molar-refractivity contribution in [1.29, 1.82) is 0 Å². The smallest absolute Gasteiger partial charge is 0.305 e. The number of aromatic nitrogens is 3. The fraction of sp³-hybridized carbons (Fsp3) is 0.464. The molecule has 3 heterocycles. The number of fused-ring (bicyclic) bond motifs is 3. The van der Waals surface area contributed by atoms with E-state index in [2.05, 4.69) is 20.2 Å². The number of carboxylic acids is 1. The zero-order valence-corrected chi connectivity index (χ0v) is 21.2. The molecule has 5 rings (SSSR count).